The van der Waals surface area contributed by atoms with Gasteiger partial charge in [-0.25, -0.2) is 4.79 Å². The fourth-order valence-electron chi connectivity index (χ4n) is 1.25. The molecule has 1 atom stereocenters. The summed E-state index contributed by atoms with van der Waals surface area (Å²) in [7, 11) is 1.40. The smallest absolute Gasteiger partial charge is 0.333 e. The number of halogens is 1. The summed E-state index contributed by atoms with van der Waals surface area (Å²) in [6.45, 7) is 1.98. The summed E-state index contributed by atoms with van der Waals surface area (Å²) < 4.78 is 5.86. The van der Waals surface area contributed by atoms with Crippen molar-refractivity contribution in [2.75, 3.05) is 7.11 Å². The van der Waals surface area contributed by atoms with Crippen LogP contribution in [0, 0.1) is 6.92 Å². The van der Waals surface area contributed by atoms with E-state index < -0.39 is 12.1 Å². The third-order valence-corrected chi connectivity index (χ3v) is 3.07. The first kappa shape index (κ1) is 12.2. The highest BCUT2D eigenvalue weighted by Crippen LogP contribution is 2.18. The number of methoxy groups -OCH3 is 1. The van der Waals surface area contributed by atoms with Gasteiger partial charge in [0, 0.05) is 18.0 Å². The molecule has 0 aliphatic carbocycles. The molecule has 1 N–H and O–H groups in total. The van der Waals surface area contributed by atoms with E-state index >= 15 is 0 Å². The highest BCUT2D eigenvalue weighted by Gasteiger charge is 2.16. The summed E-state index contributed by atoms with van der Waals surface area (Å²) in [5.74, 6) is -0.936. The van der Waals surface area contributed by atoms with Crippen LogP contribution in [0.15, 0.2) is 22.7 Å². The molecule has 0 saturated heterocycles. The van der Waals surface area contributed by atoms with Crippen LogP contribution in [-0.2, 0) is 16.0 Å². The van der Waals surface area contributed by atoms with Gasteiger partial charge in [0.15, 0.2) is 6.10 Å². The molecule has 0 aliphatic rings. The molecule has 0 radical (unpaired) electrons. The molecule has 1 rings (SSSR count). The second kappa shape index (κ2) is 5.28. The van der Waals surface area contributed by atoms with Crippen LogP contribution < -0.4 is 0 Å². The molecule has 0 fully saturated rings. The van der Waals surface area contributed by atoms with Crippen molar-refractivity contribution < 1.29 is 14.6 Å². The zero-order chi connectivity index (χ0) is 11.4. The summed E-state index contributed by atoms with van der Waals surface area (Å²) in [6, 6.07) is 5.79. The number of hydrogen-bond acceptors (Lipinski definition) is 2. The van der Waals surface area contributed by atoms with Gasteiger partial charge in [0.05, 0.1) is 0 Å². The number of benzene rings is 1. The van der Waals surface area contributed by atoms with Crippen molar-refractivity contribution in [3.63, 3.8) is 0 Å². The zero-order valence-electron chi connectivity index (χ0n) is 8.66. The van der Waals surface area contributed by atoms with Crippen molar-refractivity contribution in [1.82, 2.24) is 0 Å². The van der Waals surface area contributed by atoms with E-state index in [0.717, 1.165) is 15.6 Å². The number of ether oxygens (including phenoxy) is 1. The van der Waals surface area contributed by atoms with Crippen molar-refractivity contribution >= 4 is 21.9 Å². The number of carbonyl (C=O) groups is 1. The van der Waals surface area contributed by atoms with E-state index in [9.17, 15) is 4.79 Å². The van der Waals surface area contributed by atoms with Crippen LogP contribution in [0.2, 0.25) is 0 Å². The van der Waals surface area contributed by atoms with Crippen LogP contribution in [0.25, 0.3) is 0 Å². The van der Waals surface area contributed by atoms with E-state index in [1.807, 2.05) is 25.1 Å². The van der Waals surface area contributed by atoms with Crippen molar-refractivity contribution in [1.29, 1.82) is 0 Å². The molecule has 0 bridgehead atoms. The molecule has 82 valence electrons. The summed E-state index contributed by atoms with van der Waals surface area (Å²) in [4.78, 5) is 10.8. The second-order valence-corrected chi connectivity index (χ2v) is 4.20. The lowest BCUT2D eigenvalue weighted by Crippen LogP contribution is -2.24. The van der Waals surface area contributed by atoms with Gasteiger partial charge in [0.1, 0.15) is 0 Å². The van der Waals surface area contributed by atoms with Crippen LogP contribution in [0.4, 0.5) is 0 Å². The minimum atomic E-state index is -0.936. The normalized spacial score (nSPS) is 12.5. The summed E-state index contributed by atoms with van der Waals surface area (Å²) in [5, 5.41) is 8.82. The maximum Gasteiger partial charge on any atom is 0.333 e. The first-order chi connectivity index (χ1) is 7.04. The quantitative estimate of drug-likeness (QED) is 0.916. The Kier molecular flexibility index (Phi) is 4.29. The Hall–Kier alpha value is -0.870. The molecule has 4 heteroatoms. The van der Waals surface area contributed by atoms with Gasteiger partial charge in [-0.3, -0.25) is 0 Å². The van der Waals surface area contributed by atoms with Gasteiger partial charge in [0.25, 0.3) is 0 Å². The third-order valence-electron chi connectivity index (χ3n) is 2.22. The SMILES string of the molecule is COC(Cc1ccc(C)c(Br)c1)C(=O)O. The highest BCUT2D eigenvalue weighted by atomic mass is 79.9. The number of aryl methyl sites for hydroxylation is 1. The molecule has 3 nitrogen and oxygen atoms in total. The molecular weight excluding hydrogens is 260 g/mol. The predicted octanol–water partition coefficient (Wildman–Crippen LogP) is 2.40. The van der Waals surface area contributed by atoms with Crippen LogP contribution in [0.3, 0.4) is 0 Å². The van der Waals surface area contributed by atoms with Crippen LogP contribution in [0.5, 0.6) is 0 Å². The lowest BCUT2D eigenvalue weighted by Gasteiger charge is -2.11. The van der Waals surface area contributed by atoms with E-state index in [1.165, 1.54) is 7.11 Å². The van der Waals surface area contributed by atoms with E-state index in [2.05, 4.69) is 15.9 Å². The Balaban J connectivity index is 2.80. The zero-order valence-corrected chi connectivity index (χ0v) is 10.2. The number of carboxylic acids is 1. The number of carboxylic acid groups (broad SMARTS) is 1. The molecule has 0 aliphatic heterocycles. The molecule has 1 unspecified atom stereocenters. The fourth-order valence-corrected chi connectivity index (χ4v) is 1.68. The van der Waals surface area contributed by atoms with E-state index in [0.29, 0.717) is 6.42 Å². The summed E-state index contributed by atoms with van der Waals surface area (Å²) in [5.41, 5.74) is 2.07. The topological polar surface area (TPSA) is 46.5 Å². The monoisotopic (exact) mass is 272 g/mol. The predicted molar refractivity (Wildman–Crippen MR) is 61.0 cm³/mol. The van der Waals surface area contributed by atoms with Crippen LogP contribution in [-0.4, -0.2) is 24.3 Å². The minimum absolute atomic E-state index is 0.380. The van der Waals surface area contributed by atoms with Crippen molar-refractivity contribution in [3.05, 3.63) is 33.8 Å². The van der Waals surface area contributed by atoms with Crippen LogP contribution >= 0.6 is 15.9 Å². The van der Waals surface area contributed by atoms with Crippen LogP contribution in [0.1, 0.15) is 11.1 Å². The van der Waals surface area contributed by atoms with Gasteiger partial charge < -0.3 is 9.84 Å². The maximum absolute atomic E-state index is 10.8. The van der Waals surface area contributed by atoms with Gasteiger partial charge >= 0.3 is 5.97 Å². The Morgan fingerprint density at radius 1 is 1.60 bits per heavy atom. The van der Waals surface area contributed by atoms with Gasteiger partial charge in [-0.15, -0.1) is 0 Å². The van der Waals surface area contributed by atoms with Gasteiger partial charge in [-0.2, -0.15) is 0 Å². The van der Waals surface area contributed by atoms with Crippen molar-refractivity contribution in [2.24, 2.45) is 0 Å². The largest absolute Gasteiger partial charge is 0.479 e. The highest BCUT2D eigenvalue weighted by molar-refractivity contribution is 9.10. The Bertz CT molecular complexity index is 363. The number of rotatable bonds is 4. The lowest BCUT2D eigenvalue weighted by molar-refractivity contribution is -0.148. The Morgan fingerprint density at radius 3 is 2.73 bits per heavy atom. The third kappa shape index (κ3) is 3.32. The average molecular weight is 273 g/mol. The molecule has 0 aromatic heterocycles. The van der Waals surface area contributed by atoms with E-state index in [-0.39, 0.29) is 0 Å². The number of aliphatic carboxylic acids is 1. The van der Waals surface area contributed by atoms with Crippen molar-refractivity contribution in [2.45, 2.75) is 19.4 Å². The van der Waals surface area contributed by atoms with Gasteiger partial charge in [0.2, 0.25) is 0 Å². The molecule has 0 saturated carbocycles. The summed E-state index contributed by atoms with van der Waals surface area (Å²) in [6.07, 6.45) is -0.398. The fraction of sp³-hybridized carbons (Fsp3) is 0.364. The first-order valence-electron chi connectivity index (χ1n) is 4.55. The summed E-state index contributed by atoms with van der Waals surface area (Å²) >= 11 is 3.41. The number of hydrogen-bond donors (Lipinski definition) is 1. The molecule has 1 aromatic rings. The maximum atomic E-state index is 10.8. The molecule has 1 aromatic carbocycles. The van der Waals surface area contributed by atoms with Gasteiger partial charge in [-0.1, -0.05) is 28.1 Å². The molecular formula is C11H13BrO3. The average Bonchev–Trinajstić information content (AvgIpc) is 2.19. The van der Waals surface area contributed by atoms with Gasteiger partial charge in [-0.05, 0) is 24.1 Å². The molecule has 15 heavy (non-hydrogen) atoms. The Morgan fingerprint density at radius 2 is 2.27 bits per heavy atom. The standard InChI is InChI=1S/C11H13BrO3/c1-7-3-4-8(5-9(7)12)6-10(15-2)11(13)14/h3-5,10H,6H2,1-2H3,(H,13,14). The second-order valence-electron chi connectivity index (χ2n) is 3.35. The minimum Gasteiger partial charge on any atom is -0.479 e. The van der Waals surface area contributed by atoms with E-state index in [4.69, 9.17) is 9.84 Å². The molecule has 0 heterocycles. The lowest BCUT2D eigenvalue weighted by atomic mass is 10.1. The molecule has 0 amide bonds. The molecule has 0 spiro atoms. The first-order valence-corrected chi connectivity index (χ1v) is 5.34. The van der Waals surface area contributed by atoms with Crippen molar-refractivity contribution in [3.8, 4) is 0 Å². The Labute approximate surface area is 97.2 Å². The van der Waals surface area contributed by atoms with E-state index in [1.54, 1.807) is 0 Å².